The Kier molecular flexibility index (Phi) is 5.26. The highest BCUT2D eigenvalue weighted by atomic mass is 19.1. The molecule has 6 heteroatoms. The van der Waals surface area contributed by atoms with Gasteiger partial charge in [0.05, 0.1) is 18.0 Å². The smallest absolute Gasteiger partial charge is 0.141 e. The zero-order valence-electron chi connectivity index (χ0n) is 13.5. The van der Waals surface area contributed by atoms with Gasteiger partial charge in [0.25, 0.3) is 0 Å². The zero-order valence-corrected chi connectivity index (χ0v) is 13.5. The molecule has 1 saturated carbocycles. The quantitative estimate of drug-likeness (QED) is 0.836. The predicted octanol–water partition coefficient (Wildman–Crippen LogP) is 1.82. The Labute approximate surface area is 136 Å². The second-order valence-electron chi connectivity index (χ2n) is 6.40. The lowest BCUT2D eigenvalue weighted by Gasteiger charge is -2.57. The fourth-order valence-corrected chi connectivity index (χ4v) is 3.83. The molecule has 2 aliphatic rings. The standard InChI is InChI=1S/C17H25FN2O3/c1-2-23-16-9-15(17(16)5-7-22-8-6-17)20-11-14(21)13-4-3-12(18)10-19-13/h3-4,10,14-16,20-21H,2,5-9,11H2,1H3. The molecular weight excluding hydrogens is 299 g/mol. The molecule has 0 bridgehead atoms. The van der Waals surface area contributed by atoms with Gasteiger partial charge >= 0.3 is 0 Å². The minimum Gasteiger partial charge on any atom is -0.385 e. The summed E-state index contributed by atoms with van der Waals surface area (Å²) in [7, 11) is 0. The van der Waals surface area contributed by atoms with Gasteiger partial charge in [0, 0.05) is 37.8 Å². The first kappa shape index (κ1) is 16.8. The van der Waals surface area contributed by atoms with Crippen molar-refractivity contribution in [2.45, 2.75) is 44.4 Å². The van der Waals surface area contributed by atoms with Crippen LogP contribution < -0.4 is 5.32 Å². The number of halogens is 1. The molecular formula is C17H25FN2O3. The minimum absolute atomic E-state index is 0.115. The fraction of sp³-hybridized carbons (Fsp3) is 0.706. The summed E-state index contributed by atoms with van der Waals surface area (Å²) in [4.78, 5) is 3.94. The molecule has 1 aromatic rings. The van der Waals surface area contributed by atoms with Crippen molar-refractivity contribution >= 4 is 0 Å². The van der Waals surface area contributed by atoms with E-state index in [1.807, 2.05) is 6.92 Å². The van der Waals surface area contributed by atoms with E-state index in [-0.39, 0.29) is 11.5 Å². The van der Waals surface area contributed by atoms with Gasteiger partial charge in [-0.15, -0.1) is 0 Å². The van der Waals surface area contributed by atoms with Gasteiger partial charge in [0.15, 0.2) is 0 Å². The molecule has 0 aromatic carbocycles. The van der Waals surface area contributed by atoms with Crippen LogP contribution in [0.2, 0.25) is 0 Å². The fourth-order valence-electron chi connectivity index (χ4n) is 3.83. The van der Waals surface area contributed by atoms with Crippen molar-refractivity contribution in [3.05, 3.63) is 29.8 Å². The number of nitrogens with zero attached hydrogens (tertiary/aromatic N) is 1. The molecule has 1 aliphatic heterocycles. The number of aliphatic hydroxyl groups is 1. The van der Waals surface area contributed by atoms with Crippen LogP contribution in [0.4, 0.5) is 4.39 Å². The Morgan fingerprint density at radius 3 is 2.91 bits per heavy atom. The Balaban J connectivity index is 1.58. The molecule has 3 rings (SSSR count). The van der Waals surface area contributed by atoms with Crippen LogP contribution in [0.15, 0.2) is 18.3 Å². The number of aromatic nitrogens is 1. The van der Waals surface area contributed by atoms with E-state index in [4.69, 9.17) is 9.47 Å². The number of nitrogens with one attached hydrogen (secondary N) is 1. The maximum absolute atomic E-state index is 12.9. The summed E-state index contributed by atoms with van der Waals surface area (Å²) in [5.74, 6) is -0.395. The Bertz CT molecular complexity index is 505. The van der Waals surface area contributed by atoms with E-state index in [2.05, 4.69) is 10.3 Å². The SMILES string of the molecule is CCOC1CC(NCC(O)c2ccc(F)cn2)C12CCOCC2. The van der Waals surface area contributed by atoms with Crippen LogP contribution in [0.1, 0.15) is 38.0 Å². The average Bonchev–Trinajstić information content (AvgIpc) is 2.58. The van der Waals surface area contributed by atoms with Crippen LogP contribution in [0.25, 0.3) is 0 Å². The first-order valence-electron chi connectivity index (χ1n) is 8.38. The molecule has 2 fully saturated rings. The minimum atomic E-state index is -0.737. The number of hydrogen-bond acceptors (Lipinski definition) is 5. The first-order valence-corrected chi connectivity index (χ1v) is 8.38. The zero-order chi connectivity index (χ0) is 16.3. The average molecular weight is 324 g/mol. The van der Waals surface area contributed by atoms with Crippen molar-refractivity contribution < 1.29 is 19.0 Å². The maximum atomic E-state index is 12.9. The third-order valence-electron chi connectivity index (χ3n) is 5.23. The normalized spacial score (nSPS) is 27.6. The van der Waals surface area contributed by atoms with E-state index in [9.17, 15) is 9.50 Å². The van der Waals surface area contributed by atoms with Gasteiger partial charge in [0.2, 0.25) is 0 Å². The molecule has 1 spiro atoms. The van der Waals surface area contributed by atoms with Crippen molar-refractivity contribution in [2.24, 2.45) is 5.41 Å². The molecule has 1 aromatic heterocycles. The van der Waals surface area contributed by atoms with Crippen LogP contribution in [-0.2, 0) is 9.47 Å². The summed E-state index contributed by atoms with van der Waals surface area (Å²) in [5.41, 5.74) is 0.602. The molecule has 3 unspecified atom stereocenters. The number of rotatable bonds is 6. The third kappa shape index (κ3) is 3.40. The van der Waals surface area contributed by atoms with Gasteiger partial charge in [-0.25, -0.2) is 4.39 Å². The summed E-state index contributed by atoms with van der Waals surface area (Å²) >= 11 is 0. The monoisotopic (exact) mass is 324 g/mol. The number of hydrogen-bond donors (Lipinski definition) is 2. The molecule has 2 heterocycles. The summed E-state index contributed by atoms with van der Waals surface area (Å²) in [5, 5.41) is 13.7. The van der Waals surface area contributed by atoms with E-state index in [1.54, 1.807) is 0 Å². The van der Waals surface area contributed by atoms with E-state index in [0.29, 0.717) is 18.3 Å². The topological polar surface area (TPSA) is 63.6 Å². The summed E-state index contributed by atoms with van der Waals surface area (Å²) in [6.07, 6.45) is 3.60. The predicted molar refractivity (Wildman–Crippen MR) is 83.5 cm³/mol. The highest BCUT2D eigenvalue weighted by molar-refractivity contribution is 5.11. The Morgan fingerprint density at radius 1 is 1.48 bits per heavy atom. The molecule has 0 amide bonds. The van der Waals surface area contributed by atoms with Crippen molar-refractivity contribution in [2.75, 3.05) is 26.4 Å². The number of ether oxygens (including phenoxy) is 2. The lowest BCUT2D eigenvalue weighted by Crippen LogP contribution is -2.65. The summed E-state index contributed by atoms with van der Waals surface area (Å²) in [6, 6.07) is 3.16. The molecule has 0 radical (unpaired) electrons. The van der Waals surface area contributed by atoms with Crippen LogP contribution in [-0.4, -0.2) is 48.6 Å². The molecule has 128 valence electrons. The van der Waals surface area contributed by atoms with Gasteiger partial charge in [-0.2, -0.15) is 0 Å². The van der Waals surface area contributed by atoms with E-state index < -0.39 is 11.9 Å². The van der Waals surface area contributed by atoms with Crippen LogP contribution in [0.5, 0.6) is 0 Å². The number of pyridine rings is 1. The lowest BCUT2D eigenvalue weighted by atomic mass is 9.57. The highest BCUT2D eigenvalue weighted by Crippen LogP contribution is 2.50. The molecule has 1 aliphatic carbocycles. The van der Waals surface area contributed by atoms with Crippen molar-refractivity contribution in [1.82, 2.24) is 10.3 Å². The maximum Gasteiger partial charge on any atom is 0.141 e. The van der Waals surface area contributed by atoms with Crippen LogP contribution in [0, 0.1) is 11.2 Å². The van der Waals surface area contributed by atoms with E-state index in [0.717, 1.165) is 45.3 Å². The van der Waals surface area contributed by atoms with Gasteiger partial charge in [-0.1, -0.05) is 0 Å². The van der Waals surface area contributed by atoms with E-state index in [1.165, 1.54) is 12.1 Å². The van der Waals surface area contributed by atoms with Gasteiger partial charge in [-0.3, -0.25) is 4.98 Å². The largest absolute Gasteiger partial charge is 0.385 e. The van der Waals surface area contributed by atoms with Gasteiger partial charge < -0.3 is 19.9 Å². The van der Waals surface area contributed by atoms with Crippen LogP contribution in [0.3, 0.4) is 0 Å². The lowest BCUT2D eigenvalue weighted by molar-refractivity contribution is -0.173. The van der Waals surface area contributed by atoms with Crippen molar-refractivity contribution in [1.29, 1.82) is 0 Å². The van der Waals surface area contributed by atoms with Crippen molar-refractivity contribution in [3.63, 3.8) is 0 Å². The number of aliphatic hydroxyl groups excluding tert-OH is 1. The van der Waals surface area contributed by atoms with Crippen molar-refractivity contribution in [3.8, 4) is 0 Å². The molecule has 5 nitrogen and oxygen atoms in total. The Morgan fingerprint density at radius 2 is 2.26 bits per heavy atom. The molecule has 3 atom stereocenters. The third-order valence-corrected chi connectivity index (χ3v) is 5.23. The highest BCUT2D eigenvalue weighted by Gasteiger charge is 2.55. The molecule has 1 saturated heterocycles. The molecule has 2 N–H and O–H groups in total. The van der Waals surface area contributed by atoms with Crippen LogP contribution >= 0.6 is 0 Å². The van der Waals surface area contributed by atoms with E-state index >= 15 is 0 Å². The summed E-state index contributed by atoms with van der Waals surface area (Å²) in [6.45, 7) is 4.69. The second-order valence-corrected chi connectivity index (χ2v) is 6.40. The Hall–Kier alpha value is -1.08. The second kappa shape index (κ2) is 7.21. The van der Waals surface area contributed by atoms with Gasteiger partial charge in [-0.05, 0) is 38.3 Å². The first-order chi connectivity index (χ1) is 11.2. The summed E-state index contributed by atoms with van der Waals surface area (Å²) < 4.78 is 24.3. The van der Waals surface area contributed by atoms with Gasteiger partial charge in [0.1, 0.15) is 11.9 Å². The molecule has 23 heavy (non-hydrogen) atoms.